The number of piperazine rings is 1. The Morgan fingerprint density at radius 1 is 1.37 bits per heavy atom. The maximum Gasteiger partial charge on any atom is 0.341 e. The van der Waals surface area contributed by atoms with Crippen molar-refractivity contribution >= 4 is 45.5 Å². The Balaban J connectivity index is 1.69. The Labute approximate surface area is 165 Å². The number of carbonyl (C=O) groups is 3. The van der Waals surface area contributed by atoms with Crippen molar-refractivity contribution in [1.82, 2.24) is 10.2 Å². The molecule has 1 saturated heterocycles. The minimum atomic E-state index is -0.440. The molecule has 0 spiro atoms. The molecule has 2 N–H and O–H groups in total. The van der Waals surface area contributed by atoms with Gasteiger partial charge in [-0.05, 0) is 18.4 Å². The van der Waals surface area contributed by atoms with Crippen LogP contribution in [0.15, 0.2) is 22.9 Å². The van der Waals surface area contributed by atoms with Gasteiger partial charge in [0.1, 0.15) is 10.6 Å². The molecule has 0 aliphatic carbocycles. The van der Waals surface area contributed by atoms with Crippen LogP contribution in [-0.2, 0) is 14.3 Å². The molecule has 144 valence electrons. The fourth-order valence-corrected chi connectivity index (χ4v) is 4.59. The molecule has 0 bridgehead atoms. The molecule has 0 saturated carbocycles. The normalized spacial score (nSPS) is 14.6. The van der Waals surface area contributed by atoms with Crippen LogP contribution in [0.1, 0.15) is 23.7 Å². The number of ether oxygens (including phenoxy) is 1. The molecule has 3 heterocycles. The van der Waals surface area contributed by atoms with Gasteiger partial charge < -0.3 is 15.4 Å². The number of amides is 2. The summed E-state index contributed by atoms with van der Waals surface area (Å²) < 4.78 is 5.18. The number of hydrogen-bond acceptors (Lipinski definition) is 7. The number of esters is 1. The Morgan fingerprint density at radius 2 is 2.22 bits per heavy atom. The van der Waals surface area contributed by atoms with E-state index in [0.717, 1.165) is 17.0 Å². The summed E-state index contributed by atoms with van der Waals surface area (Å²) in [6.07, 6.45) is 0.252. The van der Waals surface area contributed by atoms with Gasteiger partial charge in [-0.15, -0.1) is 22.7 Å². The van der Waals surface area contributed by atoms with E-state index in [1.165, 1.54) is 22.7 Å². The molecule has 1 fully saturated rings. The summed E-state index contributed by atoms with van der Waals surface area (Å²) in [7, 11) is 0. The fraction of sp³-hybridized carbons (Fsp3) is 0.389. The molecule has 3 rings (SSSR count). The quantitative estimate of drug-likeness (QED) is 0.688. The minimum absolute atomic E-state index is 0.0231. The van der Waals surface area contributed by atoms with Crippen LogP contribution in [-0.4, -0.2) is 55.5 Å². The monoisotopic (exact) mass is 407 g/mol. The second-order valence-electron chi connectivity index (χ2n) is 5.98. The summed E-state index contributed by atoms with van der Waals surface area (Å²) in [6.45, 7) is 4.16. The van der Waals surface area contributed by atoms with Crippen molar-refractivity contribution in [2.24, 2.45) is 0 Å². The van der Waals surface area contributed by atoms with Gasteiger partial charge in [0.25, 0.3) is 0 Å². The van der Waals surface area contributed by atoms with Gasteiger partial charge in [0.05, 0.1) is 13.2 Å². The lowest BCUT2D eigenvalue weighted by molar-refractivity contribution is -0.125. The number of nitrogens with one attached hydrogen (secondary N) is 2. The average Bonchev–Trinajstić information content (AvgIpc) is 3.29. The molecule has 2 aromatic heterocycles. The average molecular weight is 408 g/mol. The zero-order chi connectivity index (χ0) is 19.2. The molecule has 2 aromatic rings. The largest absolute Gasteiger partial charge is 0.462 e. The van der Waals surface area contributed by atoms with E-state index >= 15 is 0 Å². The number of hydrogen-bond donors (Lipinski definition) is 2. The summed E-state index contributed by atoms with van der Waals surface area (Å²) >= 11 is 2.84. The van der Waals surface area contributed by atoms with Crippen molar-refractivity contribution in [2.75, 3.05) is 38.1 Å². The highest BCUT2D eigenvalue weighted by Crippen LogP contribution is 2.38. The van der Waals surface area contributed by atoms with Crippen molar-refractivity contribution in [3.63, 3.8) is 0 Å². The van der Waals surface area contributed by atoms with Gasteiger partial charge in [-0.3, -0.25) is 14.5 Å². The highest BCUT2D eigenvalue weighted by atomic mass is 32.1. The second kappa shape index (κ2) is 9.12. The predicted octanol–water partition coefficient (Wildman–Crippen LogP) is 2.41. The fourth-order valence-electron chi connectivity index (χ4n) is 2.80. The van der Waals surface area contributed by atoms with E-state index in [1.807, 2.05) is 27.8 Å². The third kappa shape index (κ3) is 4.94. The molecule has 0 unspecified atom stereocenters. The van der Waals surface area contributed by atoms with Crippen molar-refractivity contribution in [3.8, 4) is 10.4 Å². The SMILES string of the molecule is CCOC(=O)c1c(-c2cccs2)csc1NC(=O)CCN1CCNC(=O)C1. The van der Waals surface area contributed by atoms with Gasteiger partial charge in [-0.1, -0.05) is 6.07 Å². The van der Waals surface area contributed by atoms with Crippen molar-refractivity contribution in [2.45, 2.75) is 13.3 Å². The van der Waals surface area contributed by atoms with Crippen molar-refractivity contribution in [1.29, 1.82) is 0 Å². The molecular weight excluding hydrogens is 386 g/mol. The molecule has 1 aliphatic heterocycles. The van der Waals surface area contributed by atoms with E-state index in [0.29, 0.717) is 30.2 Å². The first kappa shape index (κ1) is 19.5. The standard InChI is InChI=1S/C18H21N3O4S2/c1-2-25-18(24)16-12(13-4-3-9-26-13)11-27-17(16)20-14(22)5-7-21-8-6-19-15(23)10-21/h3-4,9,11H,2,5-8,10H2,1H3,(H,19,23)(H,20,22). The Bertz CT molecular complexity index is 817. The smallest absolute Gasteiger partial charge is 0.341 e. The molecule has 0 radical (unpaired) electrons. The number of thiophene rings is 2. The maximum absolute atomic E-state index is 12.5. The van der Waals surface area contributed by atoms with Crippen LogP contribution in [0.2, 0.25) is 0 Å². The van der Waals surface area contributed by atoms with Gasteiger partial charge in [0, 0.05) is 41.9 Å². The summed E-state index contributed by atoms with van der Waals surface area (Å²) in [5.74, 6) is -0.652. The minimum Gasteiger partial charge on any atom is -0.462 e. The number of rotatable bonds is 7. The van der Waals surface area contributed by atoms with E-state index in [4.69, 9.17) is 4.74 Å². The van der Waals surface area contributed by atoms with Crippen LogP contribution in [0, 0.1) is 0 Å². The van der Waals surface area contributed by atoms with E-state index < -0.39 is 5.97 Å². The summed E-state index contributed by atoms with van der Waals surface area (Å²) in [4.78, 5) is 39.1. The second-order valence-corrected chi connectivity index (χ2v) is 7.80. The van der Waals surface area contributed by atoms with Crippen LogP contribution < -0.4 is 10.6 Å². The zero-order valence-corrected chi connectivity index (χ0v) is 16.6. The Hall–Kier alpha value is -2.23. The first-order chi connectivity index (χ1) is 13.1. The summed E-state index contributed by atoms with van der Waals surface area (Å²) in [5.41, 5.74) is 1.17. The lowest BCUT2D eigenvalue weighted by Gasteiger charge is -2.25. The number of anilines is 1. The lowest BCUT2D eigenvalue weighted by atomic mass is 10.1. The summed E-state index contributed by atoms with van der Waals surface area (Å²) in [5, 5.41) is 9.90. The van der Waals surface area contributed by atoms with Crippen molar-refractivity contribution in [3.05, 3.63) is 28.5 Å². The summed E-state index contributed by atoms with van der Waals surface area (Å²) in [6, 6.07) is 3.85. The molecule has 27 heavy (non-hydrogen) atoms. The van der Waals surface area contributed by atoms with E-state index in [1.54, 1.807) is 6.92 Å². The van der Waals surface area contributed by atoms with E-state index in [9.17, 15) is 14.4 Å². The highest BCUT2D eigenvalue weighted by Gasteiger charge is 2.23. The molecule has 0 aromatic carbocycles. The topological polar surface area (TPSA) is 87.7 Å². The molecule has 0 atom stereocenters. The van der Waals surface area contributed by atoms with Crippen LogP contribution in [0.25, 0.3) is 10.4 Å². The molecule has 9 heteroatoms. The van der Waals surface area contributed by atoms with Crippen molar-refractivity contribution < 1.29 is 19.1 Å². The predicted molar refractivity (Wildman–Crippen MR) is 106 cm³/mol. The number of nitrogens with zero attached hydrogens (tertiary/aromatic N) is 1. The van der Waals surface area contributed by atoms with Gasteiger partial charge in [0.2, 0.25) is 11.8 Å². The Morgan fingerprint density at radius 3 is 2.93 bits per heavy atom. The maximum atomic E-state index is 12.5. The first-order valence-electron chi connectivity index (χ1n) is 8.70. The molecule has 7 nitrogen and oxygen atoms in total. The molecule has 1 aliphatic rings. The molecule has 2 amide bonds. The van der Waals surface area contributed by atoms with Gasteiger partial charge in [-0.2, -0.15) is 0 Å². The Kier molecular flexibility index (Phi) is 6.59. The van der Waals surface area contributed by atoms with E-state index in [2.05, 4.69) is 10.6 Å². The lowest BCUT2D eigenvalue weighted by Crippen LogP contribution is -2.48. The van der Waals surface area contributed by atoms with Crippen LogP contribution in [0.4, 0.5) is 5.00 Å². The van der Waals surface area contributed by atoms with Gasteiger partial charge in [-0.25, -0.2) is 4.79 Å². The van der Waals surface area contributed by atoms with Crippen LogP contribution in [0.5, 0.6) is 0 Å². The van der Waals surface area contributed by atoms with Gasteiger partial charge >= 0.3 is 5.97 Å². The van der Waals surface area contributed by atoms with Gasteiger partial charge in [0.15, 0.2) is 0 Å². The number of carbonyl (C=O) groups excluding carboxylic acids is 3. The molecular formula is C18H21N3O4S2. The van der Waals surface area contributed by atoms with Crippen LogP contribution >= 0.6 is 22.7 Å². The van der Waals surface area contributed by atoms with Crippen LogP contribution in [0.3, 0.4) is 0 Å². The van der Waals surface area contributed by atoms with E-state index in [-0.39, 0.29) is 24.8 Å². The first-order valence-corrected chi connectivity index (χ1v) is 10.5. The highest BCUT2D eigenvalue weighted by molar-refractivity contribution is 7.17. The third-order valence-corrected chi connectivity index (χ3v) is 5.88. The zero-order valence-electron chi connectivity index (χ0n) is 14.9. The third-order valence-electron chi connectivity index (χ3n) is 4.08.